The van der Waals surface area contributed by atoms with Gasteiger partial charge >= 0.3 is 0 Å². The highest BCUT2D eigenvalue weighted by Crippen LogP contribution is 2.46. The molecule has 0 spiro atoms. The molecule has 2 aromatic rings. The number of thiophene rings is 1. The Hall–Kier alpha value is -5.39. The molecule has 352 valence electrons. The van der Waals surface area contributed by atoms with Crippen molar-refractivity contribution in [2.75, 3.05) is 0 Å². The Morgan fingerprint density at radius 3 is 2.54 bits per heavy atom. The van der Waals surface area contributed by atoms with Crippen LogP contribution in [0.5, 0.6) is 0 Å². The predicted octanol–water partition coefficient (Wildman–Crippen LogP) is 13.1. The fraction of sp³-hybridized carbons (Fsp3) is 0.422. The van der Waals surface area contributed by atoms with Crippen LogP contribution in [-0.2, 0) is 0 Å². The number of hydrogen-bond donors (Lipinski definition) is 1. The van der Waals surface area contributed by atoms with E-state index in [2.05, 4.69) is 133 Å². The summed E-state index contributed by atoms with van der Waals surface area (Å²) >= 11 is 2.02. The van der Waals surface area contributed by atoms with Crippen LogP contribution in [-0.4, -0.2) is 34.2 Å². The van der Waals surface area contributed by atoms with E-state index in [1.54, 1.807) is 11.3 Å². The average molecular weight is 927 g/mol. The zero-order valence-corrected chi connectivity index (χ0v) is 41.7. The molecule has 5 atom stereocenters. The van der Waals surface area contributed by atoms with E-state index in [9.17, 15) is 5.41 Å². The lowest BCUT2D eigenvalue weighted by Crippen LogP contribution is -2.47. The van der Waals surface area contributed by atoms with Crippen molar-refractivity contribution >= 4 is 52.4 Å². The van der Waals surface area contributed by atoms with Crippen LogP contribution in [0.15, 0.2) is 147 Å². The van der Waals surface area contributed by atoms with Gasteiger partial charge in [0.05, 0.1) is 29.5 Å². The van der Waals surface area contributed by atoms with Crippen LogP contribution >= 0.6 is 11.3 Å². The third-order valence-electron chi connectivity index (χ3n) is 17.2. The Balaban J connectivity index is 1.02. The number of allylic oxidation sites excluding steroid dienone is 16. The van der Waals surface area contributed by atoms with Gasteiger partial charge in [0.2, 0.25) is 0 Å². The largest absolute Gasteiger partial charge is 0.361 e. The van der Waals surface area contributed by atoms with Gasteiger partial charge in [0, 0.05) is 32.3 Å². The summed E-state index contributed by atoms with van der Waals surface area (Å²) in [5.74, 6) is 2.43. The Bertz CT molecular complexity index is 3080. The van der Waals surface area contributed by atoms with Crippen LogP contribution in [0.1, 0.15) is 158 Å². The smallest absolute Gasteiger partial charge is 0.151 e. The summed E-state index contributed by atoms with van der Waals surface area (Å²) in [6.07, 6.45) is 63.3. The van der Waals surface area contributed by atoms with E-state index in [4.69, 9.17) is 9.98 Å². The maximum Gasteiger partial charge on any atom is 0.151 e. The van der Waals surface area contributed by atoms with Crippen LogP contribution in [0.25, 0.3) is 23.8 Å². The first-order chi connectivity index (χ1) is 34.0. The van der Waals surface area contributed by atoms with Crippen molar-refractivity contribution in [3.05, 3.63) is 173 Å². The summed E-state index contributed by atoms with van der Waals surface area (Å²) in [5, 5.41) is 12.9. The molecule has 12 rings (SSSR count). The maximum atomic E-state index is 10.00. The Kier molecular flexibility index (Phi) is 12.8. The fourth-order valence-electron chi connectivity index (χ4n) is 13.5. The van der Waals surface area contributed by atoms with Crippen LogP contribution in [0.4, 0.5) is 0 Å². The molecule has 0 amide bonds. The zero-order valence-electron chi connectivity index (χ0n) is 40.9. The summed E-state index contributed by atoms with van der Waals surface area (Å²) in [6.45, 7) is 2.36. The van der Waals surface area contributed by atoms with Crippen LogP contribution in [0, 0.1) is 23.2 Å². The number of hydrogen-bond acceptors (Lipinski definition) is 5. The molecule has 8 aliphatic carbocycles. The van der Waals surface area contributed by atoms with Crippen molar-refractivity contribution < 1.29 is 0 Å². The molecule has 1 aromatic carbocycles. The van der Waals surface area contributed by atoms with E-state index in [0.717, 1.165) is 74.9 Å². The Labute approximate surface area is 414 Å². The number of aliphatic imine (C=N–C) groups is 2. The normalized spacial score (nSPS) is 27.8. The van der Waals surface area contributed by atoms with E-state index in [1.807, 2.05) is 11.3 Å². The van der Waals surface area contributed by atoms with Crippen LogP contribution < -0.4 is 19.5 Å². The maximum absolute atomic E-state index is 10.00. The summed E-state index contributed by atoms with van der Waals surface area (Å²) in [6, 6.07) is 7.80. The van der Waals surface area contributed by atoms with Crippen LogP contribution in [0.2, 0.25) is 0 Å². The van der Waals surface area contributed by atoms with E-state index in [1.165, 1.54) is 129 Å². The highest BCUT2D eigenvalue weighted by Gasteiger charge is 2.42. The molecule has 1 fully saturated rings. The van der Waals surface area contributed by atoms with Gasteiger partial charge in [-0.3, -0.25) is 4.99 Å². The van der Waals surface area contributed by atoms with Gasteiger partial charge in [0.25, 0.3) is 0 Å². The van der Waals surface area contributed by atoms with Crippen LogP contribution in [0.3, 0.4) is 0 Å². The topological polar surface area (TPSA) is 51.8 Å². The van der Waals surface area contributed by atoms with Gasteiger partial charge in [-0.25, -0.2) is 4.99 Å². The first-order valence-corrected chi connectivity index (χ1v) is 27.9. The molecule has 10 aliphatic rings. The molecule has 0 radical (unpaired) electrons. The van der Waals surface area contributed by atoms with Gasteiger partial charge in [-0.2, -0.15) is 0 Å². The average Bonchev–Trinajstić information content (AvgIpc) is 3.95. The molecule has 1 saturated carbocycles. The predicted molar refractivity (Wildman–Crippen MR) is 293 cm³/mol. The molecule has 0 bridgehead atoms. The molecule has 1 aromatic heterocycles. The molecular formula is C64H70N4S. The SMILES string of the molecule is C/C(=C\C(=C/C(=N)c1ccc(C2=c3c(sc4c3=CC3C5=C(CCCC5)N(C5C=CC=CC5)C3C=4)=CCC2)c(C2CC(C3=CCCC=C3)=NC(C3=CC=CCC3)=N2)c1)C1CCCCC1)C1CC=CCC1. The number of fused-ring (bicyclic) bond motifs is 5. The minimum Gasteiger partial charge on any atom is -0.361 e. The van der Waals surface area contributed by atoms with E-state index < -0.39 is 0 Å². The molecule has 2 aliphatic heterocycles. The first-order valence-electron chi connectivity index (χ1n) is 27.1. The van der Waals surface area contributed by atoms with E-state index in [-0.39, 0.29) is 6.04 Å². The molecule has 0 saturated heterocycles. The van der Waals surface area contributed by atoms with Crippen molar-refractivity contribution in [1.29, 1.82) is 5.41 Å². The second kappa shape index (κ2) is 19.8. The fourth-order valence-corrected chi connectivity index (χ4v) is 14.8. The molecular weight excluding hydrogens is 857 g/mol. The summed E-state index contributed by atoms with van der Waals surface area (Å²) < 4.78 is 2.88. The monoisotopic (exact) mass is 927 g/mol. The lowest BCUT2D eigenvalue weighted by atomic mass is 9.80. The molecule has 3 heterocycles. The van der Waals surface area contributed by atoms with Gasteiger partial charge in [-0.1, -0.05) is 128 Å². The van der Waals surface area contributed by atoms with Crippen molar-refractivity contribution in [2.24, 2.45) is 27.7 Å². The molecule has 1 N–H and O–H groups in total. The first kappa shape index (κ1) is 44.8. The third kappa shape index (κ3) is 8.92. The van der Waals surface area contributed by atoms with Crippen molar-refractivity contribution in [1.82, 2.24) is 4.90 Å². The van der Waals surface area contributed by atoms with Gasteiger partial charge in [0.1, 0.15) is 0 Å². The van der Waals surface area contributed by atoms with Gasteiger partial charge in [0.15, 0.2) is 5.84 Å². The van der Waals surface area contributed by atoms with E-state index >= 15 is 0 Å². The summed E-state index contributed by atoms with van der Waals surface area (Å²) in [4.78, 5) is 13.9. The lowest BCUT2D eigenvalue weighted by Gasteiger charge is -2.37. The van der Waals surface area contributed by atoms with Gasteiger partial charge in [-0.05, 0) is 189 Å². The highest BCUT2D eigenvalue weighted by atomic mass is 32.1. The lowest BCUT2D eigenvalue weighted by molar-refractivity contribution is 0.257. The zero-order chi connectivity index (χ0) is 46.3. The number of benzene rings is 1. The molecule has 4 nitrogen and oxygen atoms in total. The van der Waals surface area contributed by atoms with Gasteiger partial charge < -0.3 is 10.3 Å². The molecule has 5 heteroatoms. The minimum absolute atomic E-state index is 0.117. The van der Waals surface area contributed by atoms with Crippen molar-refractivity contribution in [3.63, 3.8) is 0 Å². The van der Waals surface area contributed by atoms with Crippen molar-refractivity contribution in [2.45, 2.75) is 153 Å². The number of rotatable bonds is 10. The minimum atomic E-state index is -0.117. The quantitative estimate of drug-likeness (QED) is 0.144. The third-order valence-corrected chi connectivity index (χ3v) is 18.3. The van der Waals surface area contributed by atoms with Gasteiger partial charge in [-0.15, -0.1) is 11.3 Å². The number of amidine groups is 1. The second-order valence-corrected chi connectivity index (χ2v) is 22.6. The molecule has 69 heavy (non-hydrogen) atoms. The summed E-state index contributed by atoms with van der Waals surface area (Å²) in [5.41, 5.74) is 15.5. The summed E-state index contributed by atoms with van der Waals surface area (Å²) in [7, 11) is 0. The highest BCUT2D eigenvalue weighted by molar-refractivity contribution is 7.07. The Morgan fingerprint density at radius 1 is 0.783 bits per heavy atom. The molecule has 5 unspecified atom stereocenters. The van der Waals surface area contributed by atoms with Crippen molar-refractivity contribution in [3.8, 4) is 0 Å². The van der Waals surface area contributed by atoms with E-state index in [0.29, 0.717) is 35.5 Å². The standard InChI is InChI=1S/C64H70N4S/c1-42(43-20-7-2-8-21-43)36-48(44-22-9-3-10-23-44)38-56(65)47-34-35-50(53(37-47)58-40-57(45-24-11-4-12-25-45)66-64(67-58)46-26-13-5-14-27-46)52-31-19-33-61-63(52)55-39-54-51-30-17-18-32-59(51)68(49-28-15-6-16-29-49)60(54)41-62(55)69-61/h2,5-7,11,13,15-16,24-26,28,33-39,41,43-44,49,54,58,60,65H,3-4,8-10,12,14,17-23,27,29-32,40H2,1H3/b42-36+,48-38+,65-56?. The number of nitrogens with zero attached hydrogens (tertiary/aromatic N) is 3. The number of nitrogens with one attached hydrogen (secondary N) is 1. The Morgan fingerprint density at radius 2 is 1.71 bits per heavy atom. The second-order valence-electron chi connectivity index (χ2n) is 21.5.